The minimum absolute atomic E-state index is 0.0396. The fourth-order valence-electron chi connectivity index (χ4n) is 4.45. The summed E-state index contributed by atoms with van der Waals surface area (Å²) in [6.07, 6.45) is 0.311. The number of aromatic nitrogens is 1. The van der Waals surface area contributed by atoms with Crippen LogP contribution < -0.4 is 15.1 Å². The van der Waals surface area contributed by atoms with Gasteiger partial charge in [0.2, 0.25) is 0 Å². The average molecular weight is 542 g/mol. The van der Waals surface area contributed by atoms with Gasteiger partial charge in [-0.3, -0.25) is 4.79 Å². The van der Waals surface area contributed by atoms with E-state index < -0.39 is 11.6 Å². The summed E-state index contributed by atoms with van der Waals surface area (Å²) in [5, 5.41) is 5.19. The fraction of sp³-hybridized carbons (Fsp3) is 0.100. The molecule has 0 saturated heterocycles. The maximum atomic E-state index is 12.9. The van der Waals surface area contributed by atoms with Gasteiger partial charge < -0.3 is 22.8 Å². The van der Waals surface area contributed by atoms with Crippen molar-refractivity contribution in [2.75, 3.05) is 7.11 Å². The van der Waals surface area contributed by atoms with Gasteiger partial charge >= 0.3 is 11.6 Å². The summed E-state index contributed by atoms with van der Waals surface area (Å²) in [5.41, 5.74) is 2.19. The zero-order valence-corrected chi connectivity index (χ0v) is 21.4. The highest BCUT2D eigenvalue weighted by molar-refractivity contribution is 6.29. The quantitative estimate of drug-likeness (QED) is 0.120. The van der Waals surface area contributed by atoms with Crippen LogP contribution in [0.25, 0.3) is 44.4 Å². The average Bonchev–Trinajstić information content (AvgIpc) is 3.57. The molecule has 0 bridgehead atoms. The van der Waals surface area contributed by atoms with Crippen LogP contribution in [-0.4, -0.2) is 18.2 Å². The normalized spacial score (nSPS) is 11.2. The second kappa shape index (κ2) is 10.2. The molecule has 0 atom stereocenters. The predicted octanol–water partition coefficient (Wildman–Crippen LogP) is 7.06. The summed E-state index contributed by atoms with van der Waals surface area (Å²) in [6.45, 7) is 0. The van der Waals surface area contributed by atoms with Crippen molar-refractivity contribution in [1.29, 1.82) is 0 Å². The van der Waals surface area contributed by atoms with Crippen molar-refractivity contribution in [3.63, 3.8) is 0 Å². The minimum Gasteiger partial charge on any atom is -0.493 e. The van der Waals surface area contributed by atoms with Gasteiger partial charge in [-0.2, -0.15) is 0 Å². The molecule has 8 nitrogen and oxygen atoms in total. The van der Waals surface area contributed by atoms with E-state index in [0.717, 1.165) is 10.9 Å². The van der Waals surface area contributed by atoms with Crippen LogP contribution in [0, 0.1) is 0 Å². The number of nitrogens with zero attached hydrogens (tertiary/aromatic N) is 1. The number of carbonyl (C=O) groups excluding carboxylic acids is 1. The van der Waals surface area contributed by atoms with Gasteiger partial charge in [0.25, 0.3) is 0 Å². The number of rotatable bonds is 7. The SMILES string of the molecule is COc1cccc2cc(-c3cc(=O)oc4cc(-c5ccccc5)c(OC(=O)CCc5cc(Cl)no5)cc34)oc12. The molecule has 0 saturated carbocycles. The molecule has 0 unspecified atom stereocenters. The summed E-state index contributed by atoms with van der Waals surface area (Å²) in [7, 11) is 1.56. The monoisotopic (exact) mass is 541 g/mol. The van der Waals surface area contributed by atoms with Gasteiger partial charge in [-0.05, 0) is 29.8 Å². The first-order chi connectivity index (χ1) is 19.0. The standard InChI is InChI=1S/C30H20ClNO7/c1-35-23-9-5-8-18-12-24(38-30(18)23)22-16-29(34)37-26-14-20(17-6-3-2-4-7-17)25(15-21(22)26)36-28(33)11-10-19-13-27(31)32-39-19/h2-9,12-16H,10-11H2,1H3. The van der Waals surface area contributed by atoms with E-state index in [0.29, 0.717) is 50.7 Å². The lowest BCUT2D eigenvalue weighted by molar-refractivity contribution is -0.134. The number of fused-ring (bicyclic) bond motifs is 2. The third-order valence-corrected chi connectivity index (χ3v) is 6.43. The van der Waals surface area contributed by atoms with Crippen molar-refractivity contribution in [3.05, 3.63) is 100 Å². The van der Waals surface area contributed by atoms with Crippen LogP contribution in [0.2, 0.25) is 5.15 Å². The molecule has 3 aromatic heterocycles. The number of hydrogen-bond donors (Lipinski definition) is 0. The topological polar surface area (TPSA) is 105 Å². The molecule has 0 fully saturated rings. The van der Waals surface area contributed by atoms with Crippen molar-refractivity contribution in [2.45, 2.75) is 12.8 Å². The summed E-state index contributed by atoms with van der Waals surface area (Å²) in [6, 6.07) is 23.0. The van der Waals surface area contributed by atoms with E-state index in [2.05, 4.69) is 5.16 Å². The van der Waals surface area contributed by atoms with Crippen molar-refractivity contribution in [3.8, 4) is 33.9 Å². The van der Waals surface area contributed by atoms with Crippen LogP contribution in [0.5, 0.6) is 11.5 Å². The summed E-state index contributed by atoms with van der Waals surface area (Å²) < 4.78 is 28.1. The van der Waals surface area contributed by atoms with Gasteiger partial charge in [0.1, 0.15) is 22.9 Å². The van der Waals surface area contributed by atoms with Crippen molar-refractivity contribution < 1.29 is 27.6 Å². The number of ether oxygens (including phenoxy) is 2. The molecule has 3 heterocycles. The van der Waals surface area contributed by atoms with Crippen LogP contribution >= 0.6 is 11.6 Å². The van der Waals surface area contributed by atoms with E-state index in [-0.39, 0.29) is 18.0 Å². The van der Waals surface area contributed by atoms with Gasteiger partial charge in [0.15, 0.2) is 16.5 Å². The van der Waals surface area contributed by atoms with Gasteiger partial charge in [0.05, 0.1) is 13.5 Å². The first-order valence-corrected chi connectivity index (χ1v) is 12.4. The van der Waals surface area contributed by atoms with Gasteiger partial charge in [0, 0.05) is 40.5 Å². The van der Waals surface area contributed by atoms with Crippen molar-refractivity contribution in [2.24, 2.45) is 0 Å². The first kappa shape index (κ1) is 24.5. The number of halogens is 1. The Kier molecular flexibility index (Phi) is 6.38. The molecule has 0 aliphatic heterocycles. The molecular weight excluding hydrogens is 522 g/mol. The van der Waals surface area contributed by atoms with E-state index >= 15 is 0 Å². The minimum atomic E-state index is -0.542. The number of para-hydroxylation sites is 1. The molecule has 0 aliphatic carbocycles. The highest BCUT2D eigenvalue weighted by Crippen LogP contribution is 2.40. The molecule has 3 aromatic carbocycles. The number of benzene rings is 3. The Labute approximate surface area is 226 Å². The number of furan rings is 1. The van der Waals surface area contributed by atoms with Gasteiger partial charge in [-0.15, -0.1) is 0 Å². The smallest absolute Gasteiger partial charge is 0.336 e. The lowest BCUT2D eigenvalue weighted by Crippen LogP contribution is -2.10. The number of carbonyl (C=O) groups is 1. The Balaban J connectivity index is 1.46. The van der Waals surface area contributed by atoms with Gasteiger partial charge in [-0.1, -0.05) is 59.2 Å². The molecule has 6 aromatic rings. The third kappa shape index (κ3) is 4.89. The molecule has 0 amide bonds. The van der Waals surface area contributed by atoms with E-state index in [1.54, 1.807) is 31.4 Å². The van der Waals surface area contributed by atoms with E-state index in [1.807, 2.05) is 48.5 Å². The van der Waals surface area contributed by atoms with Crippen LogP contribution in [0.1, 0.15) is 12.2 Å². The zero-order chi connectivity index (χ0) is 26.9. The highest BCUT2D eigenvalue weighted by Gasteiger charge is 2.20. The maximum absolute atomic E-state index is 12.9. The lowest BCUT2D eigenvalue weighted by atomic mass is 10.00. The van der Waals surface area contributed by atoms with E-state index in [1.165, 1.54) is 6.07 Å². The largest absolute Gasteiger partial charge is 0.493 e. The number of hydrogen-bond acceptors (Lipinski definition) is 8. The molecule has 39 heavy (non-hydrogen) atoms. The molecular formula is C30H20ClNO7. The lowest BCUT2D eigenvalue weighted by Gasteiger charge is -2.13. The van der Waals surface area contributed by atoms with Crippen LogP contribution in [-0.2, 0) is 11.2 Å². The Hall–Kier alpha value is -4.82. The highest BCUT2D eigenvalue weighted by atomic mass is 35.5. The van der Waals surface area contributed by atoms with Crippen molar-refractivity contribution in [1.82, 2.24) is 5.16 Å². The van der Waals surface area contributed by atoms with Crippen molar-refractivity contribution >= 4 is 39.5 Å². The summed E-state index contributed by atoms with van der Waals surface area (Å²) in [4.78, 5) is 25.5. The molecule has 0 radical (unpaired) electrons. The van der Waals surface area contributed by atoms with Gasteiger partial charge in [-0.25, -0.2) is 4.79 Å². The Morgan fingerprint density at radius 1 is 0.923 bits per heavy atom. The molecule has 9 heteroatoms. The Bertz CT molecular complexity index is 1880. The van der Waals surface area contributed by atoms with Crippen LogP contribution in [0.3, 0.4) is 0 Å². The second-order valence-corrected chi connectivity index (χ2v) is 9.16. The third-order valence-electron chi connectivity index (χ3n) is 6.25. The maximum Gasteiger partial charge on any atom is 0.336 e. The molecule has 0 N–H and O–H groups in total. The first-order valence-electron chi connectivity index (χ1n) is 12.0. The zero-order valence-electron chi connectivity index (χ0n) is 20.6. The van der Waals surface area contributed by atoms with Crippen LogP contribution in [0.15, 0.2) is 97.0 Å². The molecule has 0 aliphatic rings. The number of methoxy groups -OCH3 is 1. The second-order valence-electron chi connectivity index (χ2n) is 8.77. The summed E-state index contributed by atoms with van der Waals surface area (Å²) >= 11 is 5.80. The van der Waals surface area contributed by atoms with E-state index in [9.17, 15) is 9.59 Å². The molecule has 194 valence electrons. The molecule has 0 spiro atoms. The Morgan fingerprint density at radius 2 is 1.77 bits per heavy atom. The number of aryl methyl sites for hydroxylation is 1. The van der Waals surface area contributed by atoms with Crippen LogP contribution in [0.4, 0.5) is 0 Å². The summed E-state index contributed by atoms with van der Waals surface area (Å²) in [5.74, 6) is 1.31. The Morgan fingerprint density at radius 3 is 2.54 bits per heavy atom. The number of esters is 1. The van der Waals surface area contributed by atoms with E-state index in [4.69, 9.17) is 34.4 Å². The fourth-order valence-corrected chi connectivity index (χ4v) is 4.61. The molecule has 6 rings (SSSR count). The predicted molar refractivity (Wildman–Crippen MR) is 145 cm³/mol.